The first kappa shape index (κ1) is 23.8. The Morgan fingerprint density at radius 2 is 2.03 bits per heavy atom. The molecule has 10 nitrogen and oxygen atoms in total. The van der Waals surface area contributed by atoms with E-state index in [1.54, 1.807) is 35.3 Å². The van der Waals surface area contributed by atoms with Gasteiger partial charge in [0.2, 0.25) is 6.23 Å². The molecule has 0 saturated heterocycles. The van der Waals surface area contributed by atoms with Crippen LogP contribution in [0.5, 0.6) is 11.5 Å². The predicted molar refractivity (Wildman–Crippen MR) is 128 cm³/mol. The topological polar surface area (TPSA) is 126 Å². The van der Waals surface area contributed by atoms with Crippen LogP contribution in [0.2, 0.25) is 0 Å². The smallest absolute Gasteiger partial charge is 0.275 e. The van der Waals surface area contributed by atoms with Gasteiger partial charge in [0.15, 0.2) is 17.8 Å². The minimum Gasteiger partial charge on any atom is -0.504 e. The number of aromatic nitrogens is 2. The van der Waals surface area contributed by atoms with Crippen molar-refractivity contribution in [2.24, 2.45) is 5.10 Å². The summed E-state index contributed by atoms with van der Waals surface area (Å²) in [5, 5.41) is 19.3. The molecule has 2 unspecified atom stereocenters. The van der Waals surface area contributed by atoms with Gasteiger partial charge in [0.1, 0.15) is 11.8 Å². The van der Waals surface area contributed by atoms with Crippen molar-refractivity contribution in [3.63, 3.8) is 0 Å². The quantitative estimate of drug-likeness (QED) is 0.476. The molecule has 0 spiro atoms. The normalized spacial score (nSPS) is 17.4. The molecule has 2 heterocycles. The molecular formula is C25H25N5O5. The number of nitrogens with zero attached hydrogens (tertiary/aromatic N) is 4. The highest BCUT2D eigenvalue weighted by Gasteiger charge is 2.31. The number of phenols is 1. The number of hydrazone groups is 1. The summed E-state index contributed by atoms with van der Waals surface area (Å²) < 4.78 is 11.1. The van der Waals surface area contributed by atoms with E-state index in [9.17, 15) is 14.7 Å². The number of ether oxygens (including phenoxy) is 2. The molecule has 2 N–H and O–H groups in total. The van der Waals surface area contributed by atoms with Crippen molar-refractivity contribution >= 4 is 23.6 Å². The maximum atomic E-state index is 12.3. The molecule has 0 bridgehead atoms. The Kier molecular flexibility index (Phi) is 7.32. The Morgan fingerprint density at radius 1 is 1.23 bits per heavy atom. The Morgan fingerprint density at radius 3 is 2.66 bits per heavy atom. The molecule has 0 aliphatic carbocycles. The number of carbonyl (C=O) groups excluding carboxylic acids is 2. The summed E-state index contributed by atoms with van der Waals surface area (Å²) in [6.45, 7) is 2.24. The monoisotopic (exact) mass is 475 g/mol. The van der Waals surface area contributed by atoms with Gasteiger partial charge in [-0.3, -0.25) is 19.6 Å². The first-order chi connectivity index (χ1) is 17.0. The molecule has 1 aliphatic rings. The highest BCUT2D eigenvalue weighted by molar-refractivity contribution is 6.04. The lowest BCUT2D eigenvalue weighted by Crippen LogP contribution is -2.45. The summed E-state index contributed by atoms with van der Waals surface area (Å²) in [4.78, 5) is 31.9. The van der Waals surface area contributed by atoms with Gasteiger partial charge in [-0.2, -0.15) is 5.10 Å². The molecule has 0 saturated carbocycles. The van der Waals surface area contributed by atoms with Gasteiger partial charge in [-0.15, -0.1) is 0 Å². The van der Waals surface area contributed by atoms with Gasteiger partial charge in [-0.05, 0) is 42.3 Å². The van der Waals surface area contributed by atoms with E-state index < -0.39 is 12.3 Å². The molecule has 0 radical (unpaired) electrons. The molecule has 1 aromatic heterocycles. The summed E-state index contributed by atoms with van der Waals surface area (Å²) in [5.41, 5.74) is 2.94. The van der Waals surface area contributed by atoms with E-state index in [-0.39, 0.29) is 17.4 Å². The number of benzene rings is 2. The number of hydrogen-bond acceptors (Lipinski definition) is 9. The first-order valence-corrected chi connectivity index (χ1v) is 11.0. The second-order valence-electron chi connectivity index (χ2n) is 7.77. The van der Waals surface area contributed by atoms with Crippen LogP contribution >= 0.6 is 0 Å². The Hall–Kier alpha value is -4.31. The van der Waals surface area contributed by atoms with E-state index in [2.05, 4.69) is 15.3 Å². The molecule has 2 atom stereocenters. The predicted octanol–water partition coefficient (Wildman–Crippen LogP) is 2.98. The molecule has 1 aliphatic heterocycles. The molecular weight excluding hydrogens is 450 g/mol. The number of aldehydes is 1. The second-order valence-corrected chi connectivity index (χ2v) is 7.77. The number of amides is 1. The van der Waals surface area contributed by atoms with E-state index in [1.807, 2.05) is 19.1 Å². The molecule has 2 aromatic carbocycles. The molecule has 10 heteroatoms. The van der Waals surface area contributed by atoms with Crippen molar-refractivity contribution in [2.45, 2.75) is 32.2 Å². The molecule has 1 amide bonds. The van der Waals surface area contributed by atoms with Gasteiger partial charge < -0.3 is 19.9 Å². The van der Waals surface area contributed by atoms with E-state index in [0.29, 0.717) is 42.0 Å². The number of aromatic hydroxyl groups is 1. The third kappa shape index (κ3) is 5.44. The second kappa shape index (κ2) is 10.7. The Balaban J connectivity index is 1.53. The van der Waals surface area contributed by atoms with E-state index in [4.69, 9.17) is 14.6 Å². The lowest BCUT2D eigenvalue weighted by Gasteiger charge is -2.35. The molecule has 4 rings (SSSR count). The number of carbonyl (C=O) groups is 2. The van der Waals surface area contributed by atoms with Crippen LogP contribution in [0.15, 0.2) is 66.2 Å². The minimum atomic E-state index is -0.855. The largest absolute Gasteiger partial charge is 0.504 e. The number of nitrogens with one attached hydrogen (secondary N) is 1. The van der Waals surface area contributed by atoms with Crippen molar-refractivity contribution in [3.05, 3.63) is 77.9 Å². The van der Waals surface area contributed by atoms with Crippen molar-refractivity contribution in [2.75, 3.05) is 12.4 Å². The van der Waals surface area contributed by atoms with Crippen LogP contribution in [-0.4, -0.2) is 57.4 Å². The van der Waals surface area contributed by atoms with Gasteiger partial charge in [0, 0.05) is 23.6 Å². The first-order valence-electron chi connectivity index (χ1n) is 11.0. The number of hydrogen-bond donors (Lipinski definition) is 2. The van der Waals surface area contributed by atoms with Crippen LogP contribution in [0.3, 0.4) is 0 Å². The molecule has 3 aromatic rings. The van der Waals surface area contributed by atoms with Crippen LogP contribution in [-0.2, 0) is 16.1 Å². The fourth-order valence-electron chi connectivity index (χ4n) is 3.66. The summed E-state index contributed by atoms with van der Waals surface area (Å²) >= 11 is 0. The van der Waals surface area contributed by atoms with Crippen molar-refractivity contribution < 1.29 is 24.2 Å². The van der Waals surface area contributed by atoms with E-state index in [0.717, 1.165) is 5.56 Å². The summed E-state index contributed by atoms with van der Waals surface area (Å²) in [7, 11) is 1.48. The van der Waals surface area contributed by atoms with Crippen molar-refractivity contribution in [1.82, 2.24) is 15.0 Å². The fourth-order valence-corrected chi connectivity index (χ4v) is 3.66. The van der Waals surface area contributed by atoms with Crippen LogP contribution in [0.4, 0.5) is 5.69 Å². The average Bonchev–Trinajstić information content (AvgIpc) is 2.90. The summed E-state index contributed by atoms with van der Waals surface area (Å²) in [6.07, 6.45) is 4.39. The SMILES string of the molecule is CCC1OC(C=O)N(Cc2ccc(NC(=O)c3cnccn3)cc2)N=C1c1ccc(OC)c(O)c1. The third-order valence-electron chi connectivity index (χ3n) is 5.45. The third-order valence-corrected chi connectivity index (χ3v) is 5.45. The van der Waals surface area contributed by atoms with Crippen molar-refractivity contribution in [3.8, 4) is 11.5 Å². The minimum absolute atomic E-state index is 0.00858. The van der Waals surface area contributed by atoms with E-state index in [1.165, 1.54) is 25.7 Å². The maximum Gasteiger partial charge on any atom is 0.275 e. The molecule has 0 fully saturated rings. The maximum absolute atomic E-state index is 12.3. The number of methoxy groups -OCH3 is 1. The van der Waals surface area contributed by atoms with Crippen LogP contribution in [0.1, 0.15) is 35.0 Å². The highest BCUT2D eigenvalue weighted by atomic mass is 16.5. The van der Waals surface area contributed by atoms with Crippen molar-refractivity contribution in [1.29, 1.82) is 0 Å². The highest BCUT2D eigenvalue weighted by Crippen LogP contribution is 2.29. The van der Waals surface area contributed by atoms with Crippen LogP contribution < -0.4 is 10.1 Å². The Bertz CT molecular complexity index is 1220. The standard InChI is InChI=1S/C25H25N5O5/c1-3-21-24(17-6-9-22(34-2)20(32)12-17)29-30(23(15-31)35-21)14-16-4-7-18(8-5-16)28-25(33)19-13-26-10-11-27-19/h4-13,15,21,23,32H,3,14H2,1-2H3,(H,28,33). The lowest BCUT2D eigenvalue weighted by molar-refractivity contribution is -0.139. The fraction of sp³-hybridized carbons (Fsp3) is 0.240. The zero-order chi connectivity index (χ0) is 24.8. The van der Waals surface area contributed by atoms with E-state index >= 15 is 0 Å². The van der Waals surface area contributed by atoms with Crippen LogP contribution in [0, 0.1) is 0 Å². The average molecular weight is 476 g/mol. The van der Waals surface area contributed by atoms with Gasteiger partial charge in [0.25, 0.3) is 5.91 Å². The molecule has 180 valence electrons. The Labute approximate surface area is 202 Å². The lowest BCUT2D eigenvalue weighted by atomic mass is 10.0. The number of phenolic OH excluding ortho intramolecular Hbond substituents is 1. The summed E-state index contributed by atoms with van der Waals surface area (Å²) in [6, 6.07) is 12.2. The zero-order valence-electron chi connectivity index (χ0n) is 19.3. The zero-order valence-corrected chi connectivity index (χ0v) is 19.3. The number of rotatable bonds is 8. The number of anilines is 1. The van der Waals surface area contributed by atoms with Gasteiger partial charge in [0.05, 0.1) is 25.6 Å². The summed E-state index contributed by atoms with van der Waals surface area (Å²) in [5.74, 6) is -0.0159. The molecule has 35 heavy (non-hydrogen) atoms. The van der Waals surface area contributed by atoms with Gasteiger partial charge in [-0.1, -0.05) is 19.1 Å². The van der Waals surface area contributed by atoms with Crippen LogP contribution in [0.25, 0.3) is 0 Å². The van der Waals surface area contributed by atoms with Gasteiger partial charge in [-0.25, -0.2) is 4.98 Å². The van der Waals surface area contributed by atoms with Gasteiger partial charge >= 0.3 is 0 Å².